The molecule has 2 aromatic rings. The lowest BCUT2D eigenvalue weighted by Crippen LogP contribution is -2.45. The second-order valence-electron chi connectivity index (χ2n) is 6.96. The van der Waals surface area contributed by atoms with E-state index in [4.69, 9.17) is 4.74 Å². The minimum absolute atomic E-state index is 0.347. The van der Waals surface area contributed by atoms with Crippen LogP contribution in [0.1, 0.15) is 30.0 Å². The highest BCUT2D eigenvalue weighted by molar-refractivity contribution is 6.04. The van der Waals surface area contributed by atoms with Gasteiger partial charge in [-0.05, 0) is 36.1 Å². The van der Waals surface area contributed by atoms with Crippen molar-refractivity contribution in [3.05, 3.63) is 71.3 Å². The second-order valence-corrected chi connectivity index (χ2v) is 6.96. The molecular weight excluding hydrogens is 354 g/mol. The third-order valence-corrected chi connectivity index (χ3v) is 5.24. The topological polar surface area (TPSA) is 70.7 Å². The first-order valence-corrected chi connectivity index (χ1v) is 9.47. The Morgan fingerprint density at radius 2 is 1.71 bits per heavy atom. The number of anilines is 1. The zero-order valence-electron chi connectivity index (χ0n) is 15.8. The van der Waals surface area contributed by atoms with Gasteiger partial charge in [-0.1, -0.05) is 42.5 Å². The molecule has 4 rings (SSSR count). The van der Waals surface area contributed by atoms with E-state index in [-0.39, 0.29) is 6.03 Å². The minimum atomic E-state index is -0.580. The van der Waals surface area contributed by atoms with Crippen molar-refractivity contribution in [3.63, 3.8) is 0 Å². The van der Waals surface area contributed by atoms with Gasteiger partial charge in [0.05, 0.1) is 24.4 Å². The van der Waals surface area contributed by atoms with Crippen molar-refractivity contribution in [2.45, 2.75) is 18.9 Å². The van der Waals surface area contributed by atoms with Crippen LogP contribution in [-0.4, -0.2) is 32.2 Å². The summed E-state index contributed by atoms with van der Waals surface area (Å²) >= 11 is 0. The molecule has 2 aromatic carbocycles. The van der Waals surface area contributed by atoms with Gasteiger partial charge in [0.1, 0.15) is 0 Å². The summed E-state index contributed by atoms with van der Waals surface area (Å²) < 4.78 is 5.04. The molecule has 2 amide bonds. The molecule has 0 spiro atoms. The van der Waals surface area contributed by atoms with Gasteiger partial charge in [0.15, 0.2) is 0 Å². The molecule has 1 fully saturated rings. The maximum atomic E-state index is 12.6. The second kappa shape index (κ2) is 7.76. The molecule has 6 heteroatoms. The Morgan fingerprint density at radius 3 is 2.36 bits per heavy atom. The number of carbonyl (C=O) groups excluding carboxylic acids is 2. The van der Waals surface area contributed by atoms with Gasteiger partial charge in [-0.15, -0.1) is 0 Å². The number of methoxy groups -OCH3 is 1. The van der Waals surface area contributed by atoms with E-state index >= 15 is 0 Å². The van der Waals surface area contributed by atoms with Crippen LogP contribution in [0.5, 0.6) is 0 Å². The van der Waals surface area contributed by atoms with Gasteiger partial charge >= 0.3 is 12.0 Å². The van der Waals surface area contributed by atoms with Crippen molar-refractivity contribution in [1.29, 1.82) is 0 Å². The smallest absolute Gasteiger partial charge is 0.338 e. The van der Waals surface area contributed by atoms with Crippen LogP contribution in [0.25, 0.3) is 5.70 Å². The molecule has 2 N–H and O–H groups in total. The molecule has 6 nitrogen and oxygen atoms in total. The highest BCUT2D eigenvalue weighted by atomic mass is 16.5. The third-order valence-electron chi connectivity index (χ3n) is 5.24. The Hall–Kier alpha value is -3.28. The number of esters is 1. The molecule has 0 aromatic heterocycles. The summed E-state index contributed by atoms with van der Waals surface area (Å²) in [7, 11) is 1.35. The fraction of sp³-hybridized carbons (Fsp3) is 0.273. The van der Waals surface area contributed by atoms with Crippen molar-refractivity contribution in [2.75, 3.05) is 25.1 Å². The number of rotatable bonds is 4. The molecule has 2 aliphatic rings. The summed E-state index contributed by atoms with van der Waals surface area (Å²) in [5, 5.41) is 5.64. The SMILES string of the molecule is COC(=O)C1=C(c2ccccc2)NC(=O)NC1c1ccc(N2CCCC2)cc1. The molecule has 0 radical (unpaired) electrons. The van der Waals surface area contributed by atoms with E-state index < -0.39 is 12.0 Å². The van der Waals surface area contributed by atoms with Crippen molar-refractivity contribution in [1.82, 2.24) is 10.6 Å². The lowest BCUT2D eigenvalue weighted by atomic mass is 9.92. The Kier molecular flexibility index (Phi) is 5.02. The Morgan fingerprint density at radius 1 is 1.04 bits per heavy atom. The molecule has 1 saturated heterocycles. The number of hydrogen-bond donors (Lipinski definition) is 2. The number of benzene rings is 2. The van der Waals surface area contributed by atoms with Crippen molar-refractivity contribution >= 4 is 23.4 Å². The van der Waals surface area contributed by atoms with E-state index in [2.05, 4.69) is 15.5 Å². The van der Waals surface area contributed by atoms with Crippen LogP contribution < -0.4 is 15.5 Å². The summed E-state index contributed by atoms with van der Waals surface area (Å²) in [5.41, 5.74) is 3.63. The van der Waals surface area contributed by atoms with E-state index in [0.29, 0.717) is 11.3 Å². The number of ether oxygens (including phenoxy) is 1. The van der Waals surface area contributed by atoms with Gasteiger partial charge in [0.25, 0.3) is 0 Å². The van der Waals surface area contributed by atoms with Crippen LogP contribution in [0.15, 0.2) is 60.2 Å². The van der Waals surface area contributed by atoms with Crippen LogP contribution >= 0.6 is 0 Å². The molecule has 2 aliphatic heterocycles. The summed E-state index contributed by atoms with van der Waals surface area (Å²) in [6.07, 6.45) is 2.42. The summed E-state index contributed by atoms with van der Waals surface area (Å²) in [4.78, 5) is 27.3. The van der Waals surface area contributed by atoms with E-state index in [0.717, 1.165) is 29.9 Å². The third kappa shape index (κ3) is 3.45. The van der Waals surface area contributed by atoms with Gasteiger partial charge < -0.3 is 20.3 Å². The largest absolute Gasteiger partial charge is 0.466 e. The Bertz CT molecular complexity index is 900. The number of hydrogen-bond acceptors (Lipinski definition) is 4. The molecule has 2 heterocycles. The highest BCUT2D eigenvalue weighted by Gasteiger charge is 2.34. The van der Waals surface area contributed by atoms with Crippen LogP contribution in [0.4, 0.5) is 10.5 Å². The average molecular weight is 377 g/mol. The predicted molar refractivity (Wildman–Crippen MR) is 108 cm³/mol. The first kappa shape index (κ1) is 18.1. The van der Waals surface area contributed by atoms with Crippen LogP contribution in [-0.2, 0) is 9.53 Å². The summed E-state index contributed by atoms with van der Waals surface area (Å²) in [6.45, 7) is 2.13. The molecule has 1 unspecified atom stereocenters. The van der Waals surface area contributed by atoms with Crippen molar-refractivity contribution in [2.24, 2.45) is 0 Å². The van der Waals surface area contributed by atoms with Crippen LogP contribution in [0, 0.1) is 0 Å². The first-order valence-electron chi connectivity index (χ1n) is 9.47. The number of amides is 2. The van der Waals surface area contributed by atoms with Crippen molar-refractivity contribution in [3.8, 4) is 0 Å². The molecule has 1 atom stereocenters. The molecule has 0 bridgehead atoms. The number of urea groups is 1. The normalized spacial score (nSPS) is 19.2. The zero-order valence-corrected chi connectivity index (χ0v) is 15.8. The maximum absolute atomic E-state index is 12.6. The fourth-order valence-corrected chi connectivity index (χ4v) is 3.83. The van der Waals surface area contributed by atoms with Gasteiger partial charge in [-0.2, -0.15) is 0 Å². The lowest BCUT2D eigenvalue weighted by Gasteiger charge is -2.29. The van der Waals surface area contributed by atoms with Gasteiger partial charge in [0, 0.05) is 18.8 Å². The predicted octanol–water partition coefficient (Wildman–Crippen LogP) is 3.23. The molecule has 0 aliphatic carbocycles. The van der Waals surface area contributed by atoms with Gasteiger partial charge in [-0.25, -0.2) is 9.59 Å². The number of nitrogens with zero attached hydrogens (tertiary/aromatic N) is 1. The lowest BCUT2D eigenvalue weighted by molar-refractivity contribution is -0.136. The molecule has 28 heavy (non-hydrogen) atoms. The van der Waals surface area contributed by atoms with Crippen molar-refractivity contribution < 1.29 is 14.3 Å². The fourth-order valence-electron chi connectivity index (χ4n) is 3.83. The van der Waals surface area contributed by atoms with E-state index in [1.807, 2.05) is 54.6 Å². The van der Waals surface area contributed by atoms with E-state index in [1.54, 1.807) is 0 Å². The van der Waals surface area contributed by atoms with Crippen LogP contribution in [0.3, 0.4) is 0 Å². The number of carbonyl (C=O) groups is 2. The summed E-state index contributed by atoms with van der Waals surface area (Å²) in [6, 6.07) is 16.4. The van der Waals surface area contributed by atoms with Gasteiger partial charge in [-0.3, -0.25) is 0 Å². The number of nitrogens with one attached hydrogen (secondary N) is 2. The average Bonchev–Trinajstić information content (AvgIpc) is 3.28. The standard InChI is InChI=1S/C22H23N3O3/c1-28-21(26)18-19(15-7-3-2-4-8-15)23-22(27)24-20(18)16-9-11-17(12-10-16)25-13-5-6-14-25/h2-4,7-12,20H,5-6,13-14H2,1H3,(H2,23,24,27). The molecular formula is C22H23N3O3. The maximum Gasteiger partial charge on any atom is 0.338 e. The monoisotopic (exact) mass is 377 g/mol. The minimum Gasteiger partial charge on any atom is -0.466 e. The zero-order chi connectivity index (χ0) is 19.5. The Labute approximate surface area is 164 Å². The highest BCUT2D eigenvalue weighted by Crippen LogP contribution is 2.33. The molecule has 144 valence electrons. The summed E-state index contributed by atoms with van der Waals surface area (Å²) in [5.74, 6) is -0.472. The van der Waals surface area contributed by atoms with Crippen LogP contribution in [0.2, 0.25) is 0 Å². The van der Waals surface area contributed by atoms with E-state index in [9.17, 15) is 9.59 Å². The first-order chi connectivity index (χ1) is 13.7. The molecule has 0 saturated carbocycles. The Balaban J connectivity index is 1.75. The van der Waals surface area contributed by atoms with Gasteiger partial charge in [0.2, 0.25) is 0 Å². The van der Waals surface area contributed by atoms with E-state index in [1.165, 1.54) is 20.0 Å². The quantitative estimate of drug-likeness (QED) is 0.803.